The van der Waals surface area contributed by atoms with E-state index in [1.54, 1.807) is 19.2 Å². The van der Waals surface area contributed by atoms with Crippen LogP contribution in [0, 0.1) is 0 Å². The van der Waals surface area contributed by atoms with Crippen LogP contribution in [0.3, 0.4) is 0 Å². The van der Waals surface area contributed by atoms with Crippen LogP contribution in [0.2, 0.25) is 25.7 Å². The van der Waals surface area contributed by atoms with E-state index in [1.165, 1.54) is 11.0 Å². The average Bonchev–Trinajstić information content (AvgIpc) is 3.83. The molecule has 4 rings (SSSR count). The number of hydrogen-bond acceptors (Lipinski definition) is 6. The van der Waals surface area contributed by atoms with Crippen LogP contribution in [0.1, 0.15) is 48.8 Å². The molecule has 0 unspecified atom stereocenters. The number of hydrogen-bond donors (Lipinski definition) is 1. The molecule has 2 amide bonds. The molecule has 1 aliphatic carbocycles. The van der Waals surface area contributed by atoms with Crippen LogP contribution in [0.25, 0.3) is 0 Å². The fourth-order valence-electron chi connectivity index (χ4n) is 4.86. The van der Waals surface area contributed by atoms with Crippen molar-refractivity contribution in [3.8, 4) is 5.75 Å². The van der Waals surface area contributed by atoms with E-state index in [4.69, 9.17) is 9.47 Å². The van der Waals surface area contributed by atoms with Crippen molar-refractivity contribution in [2.75, 3.05) is 19.0 Å². The molecule has 8 nitrogen and oxygen atoms in total. The number of carbonyl (C=O) groups excluding carboxylic acids is 2. The van der Waals surface area contributed by atoms with Gasteiger partial charge in [0.25, 0.3) is 0 Å². The first-order chi connectivity index (χ1) is 21.2. The molecule has 0 radical (unpaired) electrons. The van der Waals surface area contributed by atoms with Gasteiger partial charge < -0.3 is 19.7 Å². The molecule has 0 bridgehead atoms. The van der Waals surface area contributed by atoms with Crippen LogP contribution in [0.5, 0.6) is 5.75 Å². The zero-order chi connectivity index (χ0) is 32.8. The van der Waals surface area contributed by atoms with E-state index in [9.17, 15) is 18.0 Å². The summed E-state index contributed by atoms with van der Waals surface area (Å²) in [6, 6.07) is 21.3. The molecule has 0 saturated heterocycles. The Morgan fingerprint density at radius 1 is 1.04 bits per heavy atom. The maximum absolute atomic E-state index is 13.3. The highest BCUT2D eigenvalue weighted by molar-refractivity contribution is 9.10. The second kappa shape index (κ2) is 15.0. The van der Waals surface area contributed by atoms with Gasteiger partial charge in [0.2, 0.25) is 5.91 Å². The van der Waals surface area contributed by atoms with Crippen molar-refractivity contribution >= 4 is 51.5 Å². The number of sulfone groups is 1. The molecule has 1 fully saturated rings. The van der Waals surface area contributed by atoms with Gasteiger partial charge in [-0.1, -0.05) is 72.8 Å². The van der Waals surface area contributed by atoms with E-state index in [0.29, 0.717) is 43.1 Å². The van der Waals surface area contributed by atoms with Crippen LogP contribution in [0.4, 0.5) is 10.5 Å². The highest BCUT2D eigenvalue weighted by atomic mass is 79.9. The molecular weight excluding hydrogens is 672 g/mol. The van der Waals surface area contributed by atoms with E-state index < -0.39 is 29.3 Å². The van der Waals surface area contributed by atoms with Crippen LogP contribution in [-0.2, 0) is 32.5 Å². The fourth-order valence-corrected chi connectivity index (χ4v) is 7.82. The lowest BCUT2D eigenvalue weighted by atomic mass is 9.96. The SMILES string of the molecule is C[C@H](CC(=O)Nc1ccc(S(=O)(=O)C2CC2)c(CN(C)C(=O)OCC[Si](C)(C)C)c1)c1cc(Br)ccc1OCc1ccccc1. The lowest BCUT2D eigenvalue weighted by Gasteiger charge is -2.21. The molecule has 3 aromatic rings. The van der Waals surface area contributed by atoms with E-state index in [0.717, 1.165) is 21.6 Å². The summed E-state index contributed by atoms with van der Waals surface area (Å²) >= 11 is 3.54. The van der Waals surface area contributed by atoms with Gasteiger partial charge in [-0.05, 0) is 77.9 Å². The number of amides is 2. The molecule has 45 heavy (non-hydrogen) atoms. The first-order valence-corrected chi connectivity index (χ1v) is 21.3. The molecule has 1 aliphatic rings. The predicted octanol–water partition coefficient (Wildman–Crippen LogP) is 8.00. The Balaban J connectivity index is 1.46. The van der Waals surface area contributed by atoms with E-state index >= 15 is 0 Å². The number of ether oxygens (including phenoxy) is 2. The first kappa shape index (κ1) is 34.7. The van der Waals surface area contributed by atoms with Gasteiger partial charge in [-0.3, -0.25) is 4.79 Å². The van der Waals surface area contributed by atoms with Crippen molar-refractivity contribution in [3.63, 3.8) is 0 Å². The normalized spacial score (nSPS) is 14.0. The van der Waals surface area contributed by atoms with Gasteiger partial charge in [-0.25, -0.2) is 13.2 Å². The van der Waals surface area contributed by atoms with Crippen molar-refractivity contribution in [1.29, 1.82) is 0 Å². The summed E-state index contributed by atoms with van der Waals surface area (Å²) in [4.78, 5) is 27.5. The maximum atomic E-state index is 13.3. The second-order valence-electron chi connectivity index (χ2n) is 13.0. The average molecular weight is 716 g/mol. The zero-order valence-electron chi connectivity index (χ0n) is 26.6. The molecular formula is C34H43BrN2O6SSi. The van der Waals surface area contributed by atoms with Gasteiger partial charge in [-0.2, -0.15) is 0 Å². The highest BCUT2D eigenvalue weighted by Gasteiger charge is 2.38. The van der Waals surface area contributed by atoms with Crippen molar-refractivity contribution in [3.05, 3.63) is 87.9 Å². The Kier molecular flexibility index (Phi) is 11.5. The summed E-state index contributed by atoms with van der Waals surface area (Å²) in [5.41, 5.74) is 2.86. The topological polar surface area (TPSA) is 102 Å². The van der Waals surface area contributed by atoms with E-state index in [-0.39, 0.29) is 29.7 Å². The molecule has 3 aromatic carbocycles. The minimum absolute atomic E-state index is 0.0351. The number of carbonyl (C=O) groups is 2. The first-order valence-electron chi connectivity index (χ1n) is 15.2. The number of nitrogens with one attached hydrogen (secondary N) is 1. The van der Waals surface area contributed by atoms with Gasteiger partial charge in [0, 0.05) is 31.7 Å². The van der Waals surface area contributed by atoms with Crippen molar-refractivity contribution in [2.45, 2.75) is 81.1 Å². The summed E-state index contributed by atoms with van der Waals surface area (Å²) in [6.45, 7) is 9.36. The largest absolute Gasteiger partial charge is 0.489 e. The summed E-state index contributed by atoms with van der Waals surface area (Å²) < 4.78 is 39.0. The van der Waals surface area contributed by atoms with Crippen molar-refractivity contribution in [1.82, 2.24) is 4.90 Å². The minimum atomic E-state index is -3.54. The predicted molar refractivity (Wildman–Crippen MR) is 184 cm³/mol. The number of halogens is 1. The van der Waals surface area contributed by atoms with Gasteiger partial charge in [0.15, 0.2) is 9.84 Å². The molecule has 1 N–H and O–H groups in total. The van der Waals surface area contributed by atoms with Gasteiger partial charge in [0.05, 0.1) is 23.3 Å². The van der Waals surface area contributed by atoms with E-state index in [1.807, 2.05) is 55.5 Å². The standard InChI is InChI=1S/C34H43BrN2O6SSi/c1-24(30-21-27(35)11-15-31(30)43-23-25-9-7-6-8-10-25)19-33(38)36-28-12-16-32(44(40,41)29-13-14-29)26(20-28)22-37(2)34(39)42-17-18-45(3,4)5/h6-12,15-16,20-21,24,29H,13-14,17-19,22-23H2,1-5H3,(H,36,38)/t24-/m1/s1. The number of rotatable bonds is 14. The van der Waals surface area contributed by atoms with Gasteiger partial charge >= 0.3 is 6.09 Å². The Morgan fingerprint density at radius 2 is 1.76 bits per heavy atom. The maximum Gasteiger partial charge on any atom is 0.409 e. The number of anilines is 1. The Bertz CT molecular complexity index is 1610. The molecule has 242 valence electrons. The second-order valence-corrected chi connectivity index (χ2v) is 21.7. The molecule has 0 spiro atoms. The lowest BCUT2D eigenvalue weighted by molar-refractivity contribution is -0.116. The van der Waals surface area contributed by atoms with Crippen LogP contribution >= 0.6 is 15.9 Å². The molecule has 0 aromatic heterocycles. The van der Waals surface area contributed by atoms with Gasteiger partial charge in [0.1, 0.15) is 12.4 Å². The van der Waals surface area contributed by atoms with Crippen molar-refractivity contribution < 1.29 is 27.5 Å². The summed E-state index contributed by atoms with van der Waals surface area (Å²) in [6.07, 6.45) is 0.920. The number of nitrogens with zero attached hydrogens (tertiary/aromatic N) is 1. The zero-order valence-corrected chi connectivity index (χ0v) is 30.0. The third-order valence-electron chi connectivity index (χ3n) is 7.64. The number of benzene rings is 3. The van der Waals surface area contributed by atoms with Crippen LogP contribution in [0.15, 0.2) is 76.1 Å². The Hall–Kier alpha value is -3.15. The smallest absolute Gasteiger partial charge is 0.409 e. The molecule has 1 saturated carbocycles. The molecule has 1 atom stereocenters. The van der Waals surface area contributed by atoms with Crippen molar-refractivity contribution in [2.24, 2.45) is 0 Å². The summed E-state index contributed by atoms with van der Waals surface area (Å²) in [7, 11) is -3.33. The fraction of sp³-hybridized carbons (Fsp3) is 0.412. The van der Waals surface area contributed by atoms with Crippen LogP contribution < -0.4 is 10.1 Å². The lowest BCUT2D eigenvalue weighted by Crippen LogP contribution is -2.30. The van der Waals surface area contributed by atoms with Crippen LogP contribution in [-0.4, -0.2) is 52.3 Å². The summed E-state index contributed by atoms with van der Waals surface area (Å²) in [5.74, 6) is 0.317. The Morgan fingerprint density at radius 3 is 2.42 bits per heavy atom. The monoisotopic (exact) mass is 714 g/mol. The molecule has 11 heteroatoms. The summed E-state index contributed by atoms with van der Waals surface area (Å²) in [5, 5.41) is 2.53. The Labute approximate surface area is 276 Å². The molecule has 0 aliphatic heterocycles. The molecule has 0 heterocycles. The quantitative estimate of drug-likeness (QED) is 0.170. The van der Waals surface area contributed by atoms with Gasteiger partial charge in [-0.15, -0.1) is 0 Å². The highest BCUT2D eigenvalue weighted by Crippen LogP contribution is 2.36. The third kappa shape index (κ3) is 10.2. The third-order valence-corrected chi connectivity index (χ3v) is 12.2. The van der Waals surface area contributed by atoms with E-state index in [2.05, 4.69) is 40.9 Å². The minimum Gasteiger partial charge on any atom is -0.489 e.